The highest BCUT2D eigenvalue weighted by Gasteiger charge is 2.09. The summed E-state index contributed by atoms with van der Waals surface area (Å²) in [4.78, 5) is 16.4. The molecule has 2 N–H and O–H groups in total. The molecule has 3 rings (SSSR count). The molecule has 168 valence electrons. The highest BCUT2D eigenvalue weighted by molar-refractivity contribution is 5.79. The second kappa shape index (κ2) is 11.6. The molecule has 1 heterocycles. The van der Waals surface area contributed by atoms with E-state index in [1.54, 1.807) is 35.0 Å². The maximum atomic E-state index is 12.6. The standard InChI is InChI=1S/C24H26F2N4O2/c1-2-27-24(29-16-20-7-3-4-8-21(20)32-23(25)26)28-15-18-10-12-19(13-11-18)17-30-14-6-5-9-22(30)31/h3-14,23H,2,15-17H2,1H3,(H2,27,28,29). The molecule has 32 heavy (non-hydrogen) atoms. The largest absolute Gasteiger partial charge is 0.434 e. The van der Waals surface area contributed by atoms with Gasteiger partial charge in [-0.2, -0.15) is 8.78 Å². The van der Waals surface area contributed by atoms with Gasteiger partial charge in [-0.1, -0.05) is 48.5 Å². The van der Waals surface area contributed by atoms with Crippen molar-refractivity contribution in [2.75, 3.05) is 6.54 Å². The number of para-hydroxylation sites is 1. The normalized spacial score (nSPS) is 11.4. The molecule has 0 bridgehead atoms. The molecular formula is C24H26F2N4O2. The Morgan fingerprint density at radius 3 is 2.44 bits per heavy atom. The van der Waals surface area contributed by atoms with Crippen molar-refractivity contribution in [2.24, 2.45) is 4.99 Å². The van der Waals surface area contributed by atoms with Crippen LogP contribution in [0.5, 0.6) is 5.75 Å². The number of benzene rings is 2. The predicted octanol–water partition coefficient (Wildman–Crippen LogP) is 3.75. The summed E-state index contributed by atoms with van der Waals surface area (Å²) in [5, 5.41) is 6.29. The lowest BCUT2D eigenvalue weighted by molar-refractivity contribution is -0.0504. The SMILES string of the molecule is CCNC(=NCc1ccc(Cn2ccccc2=O)cc1)NCc1ccccc1OC(F)F. The minimum atomic E-state index is -2.87. The Bertz CT molecular complexity index is 1080. The molecule has 0 atom stereocenters. The number of halogens is 2. The molecule has 0 spiro atoms. The third kappa shape index (κ3) is 6.94. The lowest BCUT2D eigenvalue weighted by Crippen LogP contribution is -2.36. The van der Waals surface area contributed by atoms with E-state index < -0.39 is 6.61 Å². The van der Waals surface area contributed by atoms with Crippen LogP contribution in [0.3, 0.4) is 0 Å². The first kappa shape index (κ1) is 23.0. The van der Waals surface area contributed by atoms with Crippen molar-refractivity contribution < 1.29 is 13.5 Å². The van der Waals surface area contributed by atoms with E-state index in [9.17, 15) is 13.6 Å². The first-order valence-electron chi connectivity index (χ1n) is 10.3. The average molecular weight is 440 g/mol. The molecule has 3 aromatic rings. The van der Waals surface area contributed by atoms with Crippen LogP contribution in [0, 0.1) is 0 Å². The summed E-state index contributed by atoms with van der Waals surface area (Å²) in [7, 11) is 0. The summed E-state index contributed by atoms with van der Waals surface area (Å²) in [5.74, 6) is 0.707. The molecule has 0 aliphatic heterocycles. The molecule has 1 aromatic heterocycles. The number of hydrogen-bond donors (Lipinski definition) is 2. The van der Waals surface area contributed by atoms with E-state index >= 15 is 0 Å². The van der Waals surface area contributed by atoms with E-state index in [0.29, 0.717) is 37.7 Å². The molecular weight excluding hydrogens is 414 g/mol. The molecule has 0 saturated heterocycles. The number of hydrogen-bond acceptors (Lipinski definition) is 3. The summed E-state index contributed by atoms with van der Waals surface area (Å²) in [6.07, 6.45) is 1.76. The van der Waals surface area contributed by atoms with E-state index in [1.807, 2.05) is 37.3 Å². The summed E-state index contributed by atoms with van der Waals surface area (Å²) in [6, 6.07) is 19.6. The van der Waals surface area contributed by atoms with Crippen molar-refractivity contribution in [3.63, 3.8) is 0 Å². The Hall–Kier alpha value is -3.68. The lowest BCUT2D eigenvalue weighted by Gasteiger charge is -2.14. The molecule has 0 saturated carbocycles. The van der Waals surface area contributed by atoms with Crippen LogP contribution >= 0.6 is 0 Å². The summed E-state index contributed by atoms with van der Waals surface area (Å²) >= 11 is 0. The minimum Gasteiger partial charge on any atom is -0.434 e. The van der Waals surface area contributed by atoms with Gasteiger partial charge in [0, 0.05) is 30.9 Å². The first-order chi connectivity index (χ1) is 15.5. The topological polar surface area (TPSA) is 67.7 Å². The second-order valence-electron chi connectivity index (χ2n) is 7.02. The van der Waals surface area contributed by atoms with Gasteiger partial charge in [-0.3, -0.25) is 4.79 Å². The number of alkyl halides is 2. The Morgan fingerprint density at radius 1 is 1.00 bits per heavy atom. The molecule has 6 nitrogen and oxygen atoms in total. The van der Waals surface area contributed by atoms with Crippen LogP contribution in [0.2, 0.25) is 0 Å². The molecule has 0 amide bonds. The van der Waals surface area contributed by atoms with Gasteiger partial charge in [0.25, 0.3) is 5.56 Å². The maximum Gasteiger partial charge on any atom is 0.387 e. The minimum absolute atomic E-state index is 0.0388. The molecule has 0 fully saturated rings. The van der Waals surface area contributed by atoms with E-state index in [1.165, 1.54) is 12.1 Å². The number of nitrogens with one attached hydrogen (secondary N) is 2. The highest BCUT2D eigenvalue weighted by Crippen LogP contribution is 2.19. The van der Waals surface area contributed by atoms with Gasteiger partial charge >= 0.3 is 6.61 Å². The van der Waals surface area contributed by atoms with Gasteiger partial charge < -0.3 is 19.9 Å². The maximum absolute atomic E-state index is 12.6. The fraction of sp³-hybridized carbons (Fsp3) is 0.250. The third-order valence-electron chi connectivity index (χ3n) is 4.67. The molecule has 8 heteroatoms. The first-order valence-corrected chi connectivity index (χ1v) is 10.3. The van der Waals surface area contributed by atoms with Gasteiger partial charge in [-0.15, -0.1) is 0 Å². The van der Waals surface area contributed by atoms with Crippen molar-refractivity contribution in [3.05, 3.63) is 100.0 Å². The Balaban J connectivity index is 1.61. The van der Waals surface area contributed by atoms with Crippen LogP contribution in [0.4, 0.5) is 8.78 Å². The average Bonchev–Trinajstić information content (AvgIpc) is 2.79. The van der Waals surface area contributed by atoms with Crippen LogP contribution in [0.15, 0.2) is 82.7 Å². The van der Waals surface area contributed by atoms with Crippen molar-refractivity contribution >= 4 is 5.96 Å². The van der Waals surface area contributed by atoms with Crippen LogP contribution in [-0.4, -0.2) is 23.7 Å². The van der Waals surface area contributed by atoms with E-state index in [4.69, 9.17) is 0 Å². The number of nitrogens with zero attached hydrogens (tertiary/aromatic N) is 2. The molecule has 2 aromatic carbocycles. The fourth-order valence-electron chi connectivity index (χ4n) is 3.09. The highest BCUT2D eigenvalue weighted by atomic mass is 19.3. The molecule has 0 unspecified atom stereocenters. The summed E-state index contributed by atoms with van der Waals surface area (Å²) in [5.41, 5.74) is 2.60. The monoisotopic (exact) mass is 440 g/mol. The smallest absolute Gasteiger partial charge is 0.387 e. The van der Waals surface area contributed by atoms with Crippen LogP contribution in [-0.2, 0) is 19.6 Å². The van der Waals surface area contributed by atoms with Gasteiger partial charge in [-0.05, 0) is 30.2 Å². The number of ether oxygens (including phenoxy) is 1. The van der Waals surface area contributed by atoms with Crippen LogP contribution in [0.25, 0.3) is 0 Å². The van der Waals surface area contributed by atoms with E-state index in [2.05, 4.69) is 20.4 Å². The predicted molar refractivity (Wildman–Crippen MR) is 121 cm³/mol. The van der Waals surface area contributed by atoms with E-state index in [0.717, 1.165) is 11.1 Å². The third-order valence-corrected chi connectivity index (χ3v) is 4.67. The molecule has 0 aliphatic rings. The number of aromatic nitrogens is 1. The van der Waals surface area contributed by atoms with Crippen LogP contribution < -0.4 is 20.9 Å². The summed E-state index contributed by atoms with van der Waals surface area (Å²) in [6.45, 7) is 0.974. The van der Waals surface area contributed by atoms with Gasteiger partial charge in [0.1, 0.15) is 5.75 Å². The zero-order valence-corrected chi connectivity index (χ0v) is 17.8. The Kier molecular flexibility index (Phi) is 8.36. The van der Waals surface area contributed by atoms with Gasteiger partial charge in [0.15, 0.2) is 5.96 Å². The van der Waals surface area contributed by atoms with Gasteiger partial charge in [0.2, 0.25) is 0 Å². The zero-order valence-electron chi connectivity index (χ0n) is 17.8. The van der Waals surface area contributed by atoms with Crippen LogP contribution in [0.1, 0.15) is 23.6 Å². The Morgan fingerprint density at radius 2 is 1.72 bits per heavy atom. The fourth-order valence-corrected chi connectivity index (χ4v) is 3.09. The van der Waals surface area contributed by atoms with Crippen molar-refractivity contribution in [2.45, 2.75) is 33.2 Å². The Labute approximate surface area is 185 Å². The molecule has 0 aliphatic carbocycles. The summed E-state index contributed by atoms with van der Waals surface area (Å²) < 4.78 is 31.4. The van der Waals surface area contributed by atoms with Gasteiger partial charge in [0.05, 0.1) is 13.1 Å². The quantitative estimate of drug-likeness (QED) is 0.393. The zero-order chi connectivity index (χ0) is 22.8. The van der Waals surface area contributed by atoms with Crippen molar-refractivity contribution in [3.8, 4) is 5.75 Å². The number of guanidine groups is 1. The second-order valence-corrected chi connectivity index (χ2v) is 7.02. The van der Waals surface area contributed by atoms with Gasteiger partial charge in [-0.25, -0.2) is 4.99 Å². The van der Waals surface area contributed by atoms with Crippen molar-refractivity contribution in [1.82, 2.24) is 15.2 Å². The van der Waals surface area contributed by atoms with Crippen molar-refractivity contribution in [1.29, 1.82) is 0 Å². The number of pyridine rings is 1. The number of rotatable bonds is 9. The van der Waals surface area contributed by atoms with E-state index in [-0.39, 0.29) is 11.3 Å². The molecule has 0 radical (unpaired) electrons. The lowest BCUT2D eigenvalue weighted by atomic mass is 10.1. The number of aliphatic imine (C=N–C) groups is 1.